The summed E-state index contributed by atoms with van der Waals surface area (Å²) in [7, 11) is 0. The molecule has 0 saturated carbocycles. The van der Waals surface area contributed by atoms with Gasteiger partial charge < -0.3 is 10.3 Å². The van der Waals surface area contributed by atoms with Crippen LogP contribution in [0, 0.1) is 0 Å². The van der Waals surface area contributed by atoms with Crippen LogP contribution >= 0.6 is 0 Å². The maximum absolute atomic E-state index is 11.5. The average molecular weight is 195 g/mol. The highest BCUT2D eigenvalue weighted by Gasteiger charge is 2.18. The van der Waals surface area contributed by atoms with Crippen LogP contribution in [0.15, 0.2) is 12.4 Å². The normalized spacial score (nSPS) is 12.1. The van der Waals surface area contributed by atoms with E-state index in [9.17, 15) is 9.59 Å². The highest BCUT2D eigenvalue weighted by atomic mass is 16.2. The number of ketones is 1. The molecule has 0 aromatic carbocycles. The van der Waals surface area contributed by atoms with Gasteiger partial charge in [-0.05, 0) is 6.92 Å². The summed E-state index contributed by atoms with van der Waals surface area (Å²) in [6.45, 7) is 3.37. The number of imidazole rings is 1. The molecule has 14 heavy (non-hydrogen) atoms. The summed E-state index contributed by atoms with van der Waals surface area (Å²) in [6.07, 6.45) is 3.44. The van der Waals surface area contributed by atoms with Crippen molar-refractivity contribution in [1.29, 1.82) is 0 Å². The van der Waals surface area contributed by atoms with Crippen LogP contribution in [0.5, 0.6) is 0 Å². The first kappa shape index (κ1) is 10.4. The predicted octanol–water partition coefficient (Wildman–Crippen LogP) is 0.507. The van der Waals surface area contributed by atoms with Crippen LogP contribution < -0.4 is 5.32 Å². The number of Topliss-reactive ketones (excluding diaryl/α,β-unsaturated/α-hetero) is 1. The average Bonchev–Trinajstić information content (AvgIpc) is 2.69. The summed E-state index contributed by atoms with van der Waals surface area (Å²) in [5.41, 5.74) is 0. The molecule has 0 aliphatic carbocycles. The van der Waals surface area contributed by atoms with Gasteiger partial charge in [0.15, 0.2) is 5.82 Å². The second kappa shape index (κ2) is 4.55. The number of nitrogens with zero attached hydrogens (tertiary/aromatic N) is 1. The zero-order valence-electron chi connectivity index (χ0n) is 8.20. The van der Waals surface area contributed by atoms with Crippen LogP contribution in [0.25, 0.3) is 0 Å². The topological polar surface area (TPSA) is 74.8 Å². The van der Waals surface area contributed by atoms with E-state index < -0.39 is 6.04 Å². The van der Waals surface area contributed by atoms with E-state index in [1.807, 2.05) is 0 Å². The summed E-state index contributed by atoms with van der Waals surface area (Å²) >= 11 is 0. The van der Waals surface area contributed by atoms with Crippen LogP contribution in [0.3, 0.4) is 0 Å². The number of hydrogen-bond donors (Lipinski definition) is 2. The van der Waals surface area contributed by atoms with Gasteiger partial charge in [-0.15, -0.1) is 0 Å². The molecule has 1 heterocycles. The van der Waals surface area contributed by atoms with E-state index in [-0.39, 0.29) is 17.5 Å². The van der Waals surface area contributed by atoms with Crippen molar-refractivity contribution in [2.45, 2.75) is 26.3 Å². The quantitative estimate of drug-likeness (QED) is 0.687. The van der Waals surface area contributed by atoms with Gasteiger partial charge in [-0.2, -0.15) is 0 Å². The maximum Gasteiger partial charge on any atom is 0.220 e. The Hall–Kier alpha value is -1.65. The molecule has 76 valence electrons. The predicted molar refractivity (Wildman–Crippen MR) is 50.8 cm³/mol. The van der Waals surface area contributed by atoms with Gasteiger partial charge in [0, 0.05) is 18.8 Å². The molecule has 0 spiro atoms. The summed E-state index contributed by atoms with van der Waals surface area (Å²) in [6, 6.07) is -0.534. The number of rotatable bonds is 4. The van der Waals surface area contributed by atoms with E-state index >= 15 is 0 Å². The second-order valence-corrected chi connectivity index (χ2v) is 2.94. The minimum Gasteiger partial charge on any atom is -0.346 e. The van der Waals surface area contributed by atoms with Gasteiger partial charge in [-0.1, -0.05) is 6.92 Å². The Morgan fingerprint density at radius 1 is 1.64 bits per heavy atom. The number of aromatic nitrogens is 2. The number of nitrogens with one attached hydrogen (secondary N) is 2. The van der Waals surface area contributed by atoms with E-state index in [0.717, 1.165) is 0 Å². The summed E-state index contributed by atoms with van der Waals surface area (Å²) in [5, 5.41) is 2.57. The molecule has 1 aromatic heterocycles. The molecule has 1 aromatic rings. The van der Waals surface area contributed by atoms with Crippen LogP contribution in [0.4, 0.5) is 0 Å². The molecule has 0 aliphatic heterocycles. The number of amides is 1. The first-order valence-corrected chi connectivity index (χ1v) is 4.48. The molecule has 0 fully saturated rings. The lowest BCUT2D eigenvalue weighted by atomic mass is 10.2. The van der Waals surface area contributed by atoms with Gasteiger partial charge in [-0.25, -0.2) is 4.98 Å². The summed E-state index contributed by atoms with van der Waals surface area (Å²) in [4.78, 5) is 29.1. The lowest BCUT2D eigenvalue weighted by Crippen LogP contribution is -2.38. The first-order chi connectivity index (χ1) is 6.65. The Morgan fingerprint density at radius 2 is 2.36 bits per heavy atom. The smallest absolute Gasteiger partial charge is 0.220 e. The molecule has 1 unspecified atom stereocenters. The van der Waals surface area contributed by atoms with Crippen molar-refractivity contribution in [2.75, 3.05) is 0 Å². The molecule has 1 atom stereocenters. The zero-order chi connectivity index (χ0) is 10.6. The summed E-state index contributed by atoms with van der Waals surface area (Å²) < 4.78 is 0. The number of H-pyrrole nitrogens is 1. The third-order valence-electron chi connectivity index (χ3n) is 1.82. The van der Waals surface area contributed by atoms with Gasteiger partial charge in [0.1, 0.15) is 0 Å². The number of carbonyl (C=O) groups excluding carboxylic acids is 2. The lowest BCUT2D eigenvalue weighted by molar-refractivity contribution is -0.121. The van der Waals surface area contributed by atoms with Crippen LogP contribution in [-0.2, 0) is 4.79 Å². The molecule has 0 bridgehead atoms. The third kappa shape index (κ3) is 2.42. The molecule has 0 aliphatic rings. The van der Waals surface area contributed by atoms with Gasteiger partial charge >= 0.3 is 0 Å². The van der Waals surface area contributed by atoms with Crippen LogP contribution in [0.2, 0.25) is 0 Å². The third-order valence-corrected chi connectivity index (χ3v) is 1.82. The highest BCUT2D eigenvalue weighted by molar-refractivity contribution is 5.98. The monoisotopic (exact) mass is 195 g/mol. The van der Waals surface area contributed by atoms with Crippen molar-refractivity contribution < 1.29 is 9.59 Å². The fraction of sp³-hybridized carbons (Fsp3) is 0.444. The first-order valence-electron chi connectivity index (χ1n) is 4.48. The Kier molecular flexibility index (Phi) is 3.39. The fourth-order valence-electron chi connectivity index (χ4n) is 1.01. The van der Waals surface area contributed by atoms with Crippen molar-refractivity contribution in [3.8, 4) is 0 Å². The Balaban J connectivity index is 2.58. The standard InChI is InChI=1S/C9H13N3O2/c1-3-7(13)12-6(2)8(14)9-10-4-5-11-9/h4-6H,3H2,1-2H3,(H,10,11)(H,12,13). The molecule has 0 radical (unpaired) electrons. The van der Waals surface area contributed by atoms with Gasteiger partial charge in [0.05, 0.1) is 6.04 Å². The molecule has 0 saturated heterocycles. The van der Waals surface area contributed by atoms with Crippen molar-refractivity contribution in [3.05, 3.63) is 18.2 Å². The highest BCUT2D eigenvalue weighted by Crippen LogP contribution is 1.96. The van der Waals surface area contributed by atoms with Crippen molar-refractivity contribution >= 4 is 11.7 Å². The molecule has 5 nitrogen and oxygen atoms in total. The van der Waals surface area contributed by atoms with Crippen LogP contribution in [-0.4, -0.2) is 27.7 Å². The van der Waals surface area contributed by atoms with Crippen LogP contribution in [0.1, 0.15) is 30.9 Å². The minimum atomic E-state index is -0.534. The van der Waals surface area contributed by atoms with E-state index in [0.29, 0.717) is 6.42 Å². The minimum absolute atomic E-state index is 0.141. The molecular weight excluding hydrogens is 182 g/mol. The molecular formula is C9H13N3O2. The van der Waals surface area contributed by atoms with E-state index in [2.05, 4.69) is 15.3 Å². The van der Waals surface area contributed by atoms with Gasteiger partial charge in [0.25, 0.3) is 0 Å². The lowest BCUT2D eigenvalue weighted by Gasteiger charge is -2.09. The maximum atomic E-state index is 11.5. The second-order valence-electron chi connectivity index (χ2n) is 2.94. The molecule has 5 heteroatoms. The molecule has 2 N–H and O–H groups in total. The van der Waals surface area contributed by atoms with Crippen molar-refractivity contribution in [1.82, 2.24) is 15.3 Å². The van der Waals surface area contributed by atoms with Crippen molar-refractivity contribution in [2.24, 2.45) is 0 Å². The Morgan fingerprint density at radius 3 is 2.86 bits per heavy atom. The number of hydrogen-bond acceptors (Lipinski definition) is 3. The number of aromatic amines is 1. The Labute approximate surface area is 81.9 Å². The zero-order valence-corrected chi connectivity index (χ0v) is 8.20. The fourth-order valence-corrected chi connectivity index (χ4v) is 1.01. The SMILES string of the molecule is CCC(=O)NC(C)C(=O)c1ncc[nH]1. The van der Waals surface area contributed by atoms with Gasteiger partial charge in [-0.3, -0.25) is 9.59 Å². The molecule has 1 amide bonds. The van der Waals surface area contributed by atoms with E-state index in [4.69, 9.17) is 0 Å². The largest absolute Gasteiger partial charge is 0.346 e. The molecule has 1 rings (SSSR count). The number of carbonyl (C=O) groups is 2. The Bertz CT molecular complexity index is 319. The van der Waals surface area contributed by atoms with E-state index in [1.165, 1.54) is 6.20 Å². The summed E-state index contributed by atoms with van der Waals surface area (Å²) in [5.74, 6) is -0.0805. The van der Waals surface area contributed by atoms with Gasteiger partial charge in [0.2, 0.25) is 11.7 Å². The van der Waals surface area contributed by atoms with Crippen molar-refractivity contribution in [3.63, 3.8) is 0 Å². The van der Waals surface area contributed by atoms with E-state index in [1.54, 1.807) is 20.0 Å².